The highest BCUT2D eigenvalue weighted by atomic mass is 16.5. The van der Waals surface area contributed by atoms with E-state index in [1.165, 1.54) is 5.56 Å². The fourth-order valence-corrected chi connectivity index (χ4v) is 1.82. The van der Waals surface area contributed by atoms with Crippen LogP contribution in [0, 0.1) is 0 Å². The number of rotatable bonds is 4. The molecule has 0 spiro atoms. The highest BCUT2D eigenvalue weighted by Gasteiger charge is 2.13. The summed E-state index contributed by atoms with van der Waals surface area (Å²) in [6.07, 6.45) is 1.77. The zero-order valence-corrected chi connectivity index (χ0v) is 9.16. The molecule has 0 saturated carbocycles. The predicted octanol–water partition coefficient (Wildman–Crippen LogP) is 0.831. The fourth-order valence-electron chi connectivity index (χ4n) is 1.82. The lowest BCUT2D eigenvalue weighted by atomic mass is 10.2. The average Bonchev–Trinajstić information content (AvgIpc) is 2.68. The van der Waals surface area contributed by atoms with E-state index in [-0.39, 0.29) is 0 Å². The molecule has 4 heteroatoms. The van der Waals surface area contributed by atoms with Crippen LogP contribution in [0.25, 0.3) is 0 Å². The number of furan rings is 1. The van der Waals surface area contributed by atoms with Gasteiger partial charge in [0.05, 0.1) is 26.0 Å². The fraction of sp³-hybridized carbons (Fsp3) is 0.636. The maximum atomic E-state index is 5.43. The molecule has 1 fully saturated rings. The Bertz CT molecular complexity index is 293. The SMILES string of the molecule is CNCc1occc1CN1CCOCC1. The number of nitrogens with one attached hydrogen (secondary N) is 1. The minimum Gasteiger partial charge on any atom is -0.468 e. The van der Waals surface area contributed by atoms with E-state index >= 15 is 0 Å². The molecule has 0 amide bonds. The number of ether oxygens (including phenoxy) is 1. The van der Waals surface area contributed by atoms with E-state index in [9.17, 15) is 0 Å². The second kappa shape index (κ2) is 5.30. The van der Waals surface area contributed by atoms with E-state index in [4.69, 9.17) is 9.15 Å². The molecular weight excluding hydrogens is 192 g/mol. The average molecular weight is 210 g/mol. The van der Waals surface area contributed by atoms with Crippen molar-refractivity contribution < 1.29 is 9.15 Å². The molecule has 0 atom stereocenters. The molecule has 0 aliphatic carbocycles. The van der Waals surface area contributed by atoms with Crippen LogP contribution in [0.2, 0.25) is 0 Å². The van der Waals surface area contributed by atoms with Gasteiger partial charge in [-0.25, -0.2) is 0 Å². The second-order valence-corrected chi connectivity index (χ2v) is 3.79. The van der Waals surface area contributed by atoms with Gasteiger partial charge >= 0.3 is 0 Å². The summed E-state index contributed by atoms with van der Waals surface area (Å²) >= 11 is 0. The molecule has 1 N–H and O–H groups in total. The Labute approximate surface area is 90.2 Å². The highest BCUT2D eigenvalue weighted by Crippen LogP contribution is 2.13. The zero-order chi connectivity index (χ0) is 10.5. The Morgan fingerprint density at radius 2 is 2.20 bits per heavy atom. The topological polar surface area (TPSA) is 37.6 Å². The van der Waals surface area contributed by atoms with Crippen molar-refractivity contribution in [3.05, 3.63) is 23.7 Å². The molecule has 1 aliphatic heterocycles. The second-order valence-electron chi connectivity index (χ2n) is 3.79. The van der Waals surface area contributed by atoms with Crippen LogP contribution in [0.1, 0.15) is 11.3 Å². The molecule has 84 valence electrons. The number of hydrogen-bond donors (Lipinski definition) is 1. The third kappa shape index (κ3) is 2.81. The number of nitrogens with zero attached hydrogens (tertiary/aromatic N) is 1. The van der Waals surface area contributed by atoms with E-state index in [1.54, 1.807) is 6.26 Å². The van der Waals surface area contributed by atoms with E-state index in [2.05, 4.69) is 16.3 Å². The molecule has 0 radical (unpaired) electrons. The first-order chi connectivity index (χ1) is 7.40. The Morgan fingerprint density at radius 1 is 1.40 bits per heavy atom. The van der Waals surface area contributed by atoms with Crippen molar-refractivity contribution in [3.63, 3.8) is 0 Å². The van der Waals surface area contributed by atoms with Gasteiger partial charge in [-0.15, -0.1) is 0 Å². The van der Waals surface area contributed by atoms with E-state index in [0.717, 1.165) is 45.2 Å². The molecule has 1 aliphatic rings. The molecule has 15 heavy (non-hydrogen) atoms. The summed E-state index contributed by atoms with van der Waals surface area (Å²) in [4.78, 5) is 2.40. The van der Waals surface area contributed by atoms with Gasteiger partial charge in [0, 0.05) is 25.2 Å². The molecule has 2 heterocycles. The summed E-state index contributed by atoms with van der Waals surface area (Å²) in [5.41, 5.74) is 1.28. The van der Waals surface area contributed by atoms with Gasteiger partial charge in [0.1, 0.15) is 5.76 Å². The molecule has 4 nitrogen and oxygen atoms in total. The van der Waals surface area contributed by atoms with E-state index < -0.39 is 0 Å². The van der Waals surface area contributed by atoms with Gasteiger partial charge in [0.25, 0.3) is 0 Å². The summed E-state index contributed by atoms with van der Waals surface area (Å²) in [7, 11) is 1.93. The van der Waals surface area contributed by atoms with Gasteiger partial charge in [-0.1, -0.05) is 0 Å². The van der Waals surface area contributed by atoms with Gasteiger partial charge < -0.3 is 14.5 Å². The smallest absolute Gasteiger partial charge is 0.122 e. The van der Waals surface area contributed by atoms with Crippen LogP contribution >= 0.6 is 0 Å². The third-order valence-electron chi connectivity index (χ3n) is 2.67. The zero-order valence-electron chi connectivity index (χ0n) is 9.16. The van der Waals surface area contributed by atoms with E-state index in [1.807, 2.05) is 7.05 Å². The third-order valence-corrected chi connectivity index (χ3v) is 2.67. The summed E-state index contributed by atoms with van der Waals surface area (Å²) in [5.74, 6) is 1.05. The van der Waals surface area contributed by atoms with Gasteiger partial charge in [-0.3, -0.25) is 4.90 Å². The lowest BCUT2D eigenvalue weighted by Crippen LogP contribution is -2.35. The molecular formula is C11H18N2O2. The molecule has 0 unspecified atom stereocenters. The first-order valence-corrected chi connectivity index (χ1v) is 5.40. The van der Waals surface area contributed by atoms with Crippen molar-refractivity contribution in [3.8, 4) is 0 Å². The van der Waals surface area contributed by atoms with Crippen LogP contribution in [-0.4, -0.2) is 38.3 Å². The number of morpholine rings is 1. The molecule has 0 aromatic carbocycles. The molecule has 0 bridgehead atoms. The maximum Gasteiger partial charge on any atom is 0.122 e. The summed E-state index contributed by atoms with van der Waals surface area (Å²) < 4.78 is 10.7. The molecule has 1 aromatic rings. The Hall–Kier alpha value is -0.840. The van der Waals surface area contributed by atoms with Gasteiger partial charge in [-0.05, 0) is 13.1 Å². The first-order valence-electron chi connectivity index (χ1n) is 5.40. The minimum atomic E-state index is 0.798. The van der Waals surface area contributed by atoms with Gasteiger partial charge in [0.15, 0.2) is 0 Å². The van der Waals surface area contributed by atoms with Crippen LogP contribution in [0.3, 0.4) is 0 Å². The standard InChI is InChI=1S/C11H18N2O2/c1-12-8-11-10(2-5-15-11)9-13-3-6-14-7-4-13/h2,5,12H,3-4,6-9H2,1H3. The van der Waals surface area contributed by atoms with Crippen molar-refractivity contribution in [2.75, 3.05) is 33.4 Å². The minimum absolute atomic E-state index is 0.798. The monoisotopic (exact) mass is 210 g/mol. The maximum absolute atomic E-state index is 5.43. The van der Waals surface area contributed by atoms with Gasteiger partial charge in [0.2, 0.25) is 0 Å². The molecule has 2 rings (SSSR count). The van der Waals surface area contributed by atoms with Crippen LogP contribution in [-0.2, 0) is 17.8 Å². The first kappa shape index (κ1) is 10.7. The van der Waals surface area contributed by atoms with Crippen molar-refractivity contribution in [2.24, 2.45) is 0 Å². The highest BCUT2D eigenvalue weighted by molar-refractivity contribution is 5.16. The van der Waals surface area contributed by atoms with Crippen molar-refractivity contribution in [1.29, 1.82) is 0 Å². The quantitative estimate of drug-likeness (QED) is 0.799. The van der Waals surface area contributed by atoms with E-state index in [0.29, 0.717) is 0 Å². The molecule has 1 aromatic heterocycles. The summed E-state index contributed by atoms with van der Waals surface area (Å²) in [6, 6.07) is 2.06. The van der Waals surface area contributed by atoms with Gasteiger partial charge in [-0.2, -0.15) is 0 Å². The summed E-state index contributed by atoms with van der Waals surface area (Å²) in [5, 5.41) is 3.11. The van der Waals surface area contributed by atoms with Crippen LogP contribution in [0.4, 0.5) is 0 Å². The van der Waals surface area contributed by atoms with Crippen LogP contribution in [0.5, 0.6) is 0 Å². The number of hydrogen-bond acceptors (Lipinski definition) is 4. The Kier molecular flexibility index (Phi) is 3.77. The Morgan fingerprint density at radius 3 is 2.93 bits per heavy atom. The Balaban J connectivity index is 1.93. The predicted molar refractivity (Wildman–Crippen MR) is 57.6 cm³/mol. The molecule has 1 saturated heterocycles. The lowest BCUT2D eigenvalue weighted by Gasteiger charge is -2.26. The summed E-state index contributed by atoms with van der Waals surface area (Å²) in [6.45, 7) is 5.50. The normalized spacial score (nSPS) is 18.2. The lowest BCUT2D eigenvalue weighted by molar-refractivity contribution is 0.0339. The van der Waals surface area contributed by atoms with Crippen molar-refractivity contribution in [2.45, 2.75) is 13.1 Å². The van der Waals surface area contributed by atoms with Crippen molar-refractivity contribution >= 4 is 0 Å². The van der Waals surface area contributed by atoms with Crippen LogP contribution < -0.4 is 5.32 Å². The largest absolute Gasteiger partial charge is 0.468 e. The van der Waals surface area contributed by atoms with Crippen molar-refractivity contribution in [1.82, 2.24) is 10.2 Å². The van der Waals surface area contributed by atoms with Crippen LogP contribution in [0.15, 0.2) is 16.7 Å².